The van der Waals surface area contributed by atoms with Crippen LogP contribution in [0.25, 0.3) is 11.1 Å². The number of hydrogen-bond donors (Lipinski definition) is 0. The largest absolute Gasteiger partial charge is 0.423 e. The molecule has 0 heterocycles. The second-order valence-electron chi connectivity index (χ2n) is 12.6. The summed E-state index contributed by atoms with van der Waals surface area (Å²) in [6.45, 7) is 6.89. The zero-order chi connectivity index (χ0) is 28.9. The van der Waals surface area contributed by atoms with Gasteiger partial charge < -0.3 is 4.74 Å². The van der Waals surface area contributed by atoms with Crippen LogP contribution in [0.1, 0.15) is 119 Å². The van der Waals surface area contributed by atoms with Gasteiger partial charge in [-0.25, -0.2) is 4.79 Å². The minimum Gasteiger partial charge on any atom is -0.423 e. The molecule has 2 heteroatoms. The lowest BCUT2D eigenvalue weighted by Crippen LogP contribution is -2.15. The Kier molecular flexibility index (Phi) is 12.5. The molecule has 0 N–H and O–H groups in total. The summed E-state index contributed by atoms with van der Waals surface area (Å²) in [6, 6.07) is 24.7. The van der Waals surface area contributed by atoms with Crippen LogP contribution in [0.4, 0.5) is 0 Å². The van der Waals surface area contributed by atoms with E-state index in [1.165, 1.54) is 93.7 Å². The second-order valence-corrected chi connectivity index (χ2v) is 12.6. The van der Waals surface area contributed by atoms with Crippen molar-refractivity contribution in [2.75, 3.05) is 0 Å². The lowest BCUT2D eigenvalue weighted by molar-refractivity contribution is 0.0734. The fraction of sp³-hybridized carbons (Fsp3) is 0.513. The predicted octanol–water partition coefficient (Wildman–Crippen LogP) is 11.3. The van der Waals surface area contributed by atoms with Crippen molar-refractivity contribution in [2.45, 2.75) is 111 Å². The maximum absolute atomic E-state index is 12.8. The zero-order valence-corrected chi connectivity index (χ0v) is 25.9. The number of carbonyl (C=O) groups excluding carboxylic acids is 1. The maximum atomic E-state index is 12.8. The molecular weight excluding hydrogens is 500 g/mol. The molecule has 1 saturated carbocycles. The Bertz CT molecular complexity index is 1150. The van der Waals surface area contributed by atoms with Gasteiger partial charge in [-0.2, -0.15) is 0 Å². The summed E-state index contributed by atoms with van der Waals surface area (Å²) in [7, 11) is 0. The van der Waals surface area contributed by atoms with Gasteiger partial charge in [0.25, 0.3) is 0 Å². The third kappa shape index (κ3) is 10.2. The normalized spacial score (nSPS) is 17.7. The molecule has 0 radical (unpaired) electrons. The Labute approximate surface area is 249 Å². The predicted molar refractivity (Wildman–Crippen MR) is 174 cm³/mol. The first-order chi connectivity index (χ1) is 20.0. The van der Waals surface area contributed by atoms with E-state index < -0.39 is 0 Å². The van der Waals surface area contributed by atoms with Gasteiger partial charge in [0.1, 0.15) is 5.75 Å². The SMILES string of the molecule is CCCCC[C@H]1CC[C@H](CCc2ccc(OC(=O)c3ccc(-c4ccc(CCC[C@@H](C)CC)cc4)cc3)cc2)CC1. The summed E-state index contributed by atoms with van der Waals surface area (Å²) in [5.74, 6) is 2.96. The van der Waals surface area contributed by atoms with Gasteiger partial charge >= 0.3 is 5.97 Å². The Morgan fingerprint density at radius 2 is 1.27 bits per heavy atom. The van der Waals surface area contributed by atoms with Crippen LogP contribution >= 0.6 is 0 Å². The molecule has 0 aromatic heterocycles. The molecule has 0 unspecified atom stereocenters. The second kappa shape index (κ2) is 16.5. The van der Waals surface area contributed by atoms with E-state index in [1.54, 1.807) is 0 Å². The quantitative estimate of drug-likeness (QED) is 0.106. The molecular formula is C39H52O2. The first-order valence-electron chi connectivity index (χ1n) is 16.5. The van der Waals surface area contributed by atoms with E-state index in [-0.39, 0.29) is 5.97 Å². The molecule has 1 fully saturated rings. The third-order valence-electron chi connectivity index (χ3n) is 9.42. The standard InChI is InChI=1S/C39H52O2/c1-4-6-7-10-31-12-14-33(15-13-31)16-17-34-20-28-38(29-21-34)41-39(40)37-26-24-36(25-27-37)35-22-18-32(19-23-35)11-8-9-30(3)5-2/h18-31,33H,4-17H2,1-3H3/t30-,31-,33-/m0/s1. The molecule has 0 amide bonds. The van der Waals surface area contributed by atoms with Crippen molar-refractivity contribution in [1.82, 2.24) is 0 Å². The highest BCUT2D eigenvalue weighted by Crippen LogP contribution is 2.34. The van der Waals surface area contributed by atoms with E-state index >= 15 is 0 Å². The number of hydrogen-bond acceptors (Lipinski definition) is 2. The molecule has 1 atom stereocenters. The average molecular weight is 553 g/mol. The van der Waals surface area contributed by atoms with E-state index in [0.29, 0.717) is 11.3 Å². The molecule has 0 aliphatic heterocycles. The van der Waals surface area contributed by atoms with Crippen LogP contribution in [-0.2, 0) is 12.8 Å². The van der Waals surface area contributed by atoms with Crippen LogP contribution in [0.2, 0.25) is 0 Å². The van der Waals surface area contributed by atoms with Crippen LogP contribution in [0.15, 0.2) is 72.8 Å². The molecule has 1 aliphatic rings. The van der Waals surface area contributed by atoms with Crippen LogP contribution in [0.3, 0.4) is 0 Å². The lowest BCUT2D eigenvalue weighted by Gasteiger charge is -2.28. The van der Waals surface area contributed by atoms with Crippen molar-refractivity contribution in [3.63, 3.8) is 0 Å². The van der Waals surface area contributed by atoms with Gasteiger partial charge in [-0.3, -0.25) is 0 Å². The number of aryl methyl sites for hydroxylation is 2. The Hall–Kier alpha value is -2.87. The number of benzene rings is 3. The maximum Gasteiger partial charge on any atom is 0.343 e. The number of ether oxygens (including phenoxy) is 1. The summed E-state index contributed by atoms with van der Waals surface area (Å²) in [6.07, 6.45) is 18.5. The summed E-state index contributed by atoms with van der Waals surface area (Å²) in [4.78, 5) is 12.8. The van der Waals surface area contributed by atoms with Crippen molar-refractivity contribution >= 4 is 5.97 Å². The van der Waals surface area contributed by atoms with Gasteiger partial charge in [-0.15, -0.1) is 0 Å². The molecule has 0 spiro atoms. The summed E-state index contributed by atoms with van der Waals surface area (Å²) < 4.78 is 5.69. The highest BCUT2D eigenvalue weighted by atomic mass is 16.5. The van der Waals surface area contributed by atoms with Gasteiger partial charge in [0.05, 0.1) is 5.56 Å². The molecule has 2 nitrogen and oxygen atoms in total. The highest BCUT2D eigenvalue weighted by Gasteiger charge is 2.20. The van der Waals surface area contributed by atoms with E-state index in [9.17, 15) is 4.79 Å². The van der Waals surface area contributed by atoms with Crippen molar-refractivity contribution in [2.24, 2.45) is 17.8 Å². The summed E-state index contributed by atoms with van der Waals surface area (Å²) >= 11 is 0. The van der Waals surface area contributed by atoms with Gasteiger partial charge in [0.15, 0.2) is 0 Å². The van der Waals surface area contributed by atoms with Crippen LogP contribution in [-0.4, -0.2) is 5.97 Å². The number of esters is 1. The average Bonchev–Trinajstić information content (AvgIpc) is 3.02. The van der Waals surface area contributed by atoms with E-state index in [0.717, 1.165) is 36.2 Å². The monoisotopic (exact) mass is 552 g/mol. The van der Waals surface area contributed by atoms with E-state index in [4.69, 9.17) is 4.74 Å². The van der Waals surface area contributed by atoms with Gasteiger partial charge in [-0.1, -0.05) is 134 Å². The molecule has 4 rings (SSSR count). The Morgan fingerprint density at radius 3 is 1.88 bits per heavy atom. The van der Waals surface area contributed by atoms with Gasteiger partial charge in [0.2, 0.25) is 0 Å². The topological polar surface area (TPSA) is 26.3 Å². The summed E-state index contributed by atoms with van der Waals surface area (Å²) in [5.41, 5.74) is 5.59. The van der Waals surface area contributed by atoms with Crippen molar-refractivity contribution < 1.29 is 9.53 Å². The minimum atomic E-state index is -0.309. The first kappa shape index (κ1) is 31.1. The molecule has 0 bridgehead atoms. The fourth-order valence-corrected chi connectivity index (χ4v) is 6.27. The van der Waals surface area contributed by atoms with E-state index in [2.05, 4.69) is 57.2 Å². The third-order valence-corrected chi connectivity index (χ3v) is 9.42. The van der Waals surface area contributed by atoms with Crippen molar-refractivity contribution in [3.8, 4) is 16.9 Å². The molecule has 1 aliphatic carbocycles. The Balaban J connectivity index is 1.20. The van der Waals surface area contributed by atoms with Gasteiger partial charge in [-0.05, 0) is 90.0 Å². The first-order valence-corrected chi connectivity index (χ1v) is 16.5. The summed E-state index contributed by atoms with van der Waals surface area (Å²) in [5, 5.41) is 0. The zero-order valence-electron chi connectivity index (χ0n) is 25.9. The van der Waals surface area contributed by atoms with Crippen LogP contribution in [0, 0.1) is 17.8 Å². The number of rotatable bonds is 15. The van der Waals surface area contributed by atoms with Crippen LogP contribution < -0.4 is 4.74 Å². The molecule has 220 valence electrons. The molecule has 3 aromatic rings. The molecule has 41 heavy (non-hydrogen) atoms. The molecule has 0 saturated heterocycles. The fourth-order valence-electron chi connectivity index (χ4n) is 6.27. The highest BCUT2D eigenvalue weighted by molar-refractivity contribution is 5.91. The minimum absolute atomic E-state index is 0.309. The lowest BCUT2D eigenvalue weighted by atomic mass is 9.78. The van der Waals surface area contributed by atoms with Gasteiger partial charge in [0, 0.05) is 0 Å². The van der Waals surface area contributed by atoms with Crippen LogP contribution in [0.5, 0.6) is 5.75 Å². The molecule has 3 aromatic carbocycles. The number of unbranched alkanes of at least 4 members (excludes halogenated alkanes) is 2. The van der Waals surface area contributed by atoms with Crippen molar-refractivity contribution in [3.05, 3.63) is 89.5 Å². The van der Waals surface area contributed by atoms with Crippen molar-refractivity contribution in [1.29, 1.82) is 0 Å². The Morgan fingerprint density at radius 1 is 0.707 bits per heavy atom. The smallest absolute Gasteiger partial charge is 0.343 e. The number of carbonyl (C=O) groups is 1. The van der Waals surface area contributed by atoms with E-state index in [1.807, 2.05) is 36.4 Å².